The van der Waals surface area contributed by atoms with Gasteiger partial charge >= 0.3 is 13.1 Å². The zero-order valence-electron chi connectivity index (χ0n) is 14.1. The summed E-state index contributed by atoms with van der Waals surface area (Å²) in [7, 11) is -1.03. The van der Waals surface area contributed by atoms with E-state index in [0.29, 0.717) is 28.2 Å². The van der Waals surface area contributed by atoms with Gasteiger partial charge in [-0.1, -0.05) is 29.8 Å². The van der Waals surface area contributed by atoms with E-state index < -0.39 is 19.0 Å². The standard InChI is InChI=1S/C18H17BClNO5/c1-11-15(7-4-13-10-26-19(24)17(11)13)18(23)21-8-16(22)25-9-12-2-5-14(20)6-3-12/h2-7,24H,8-10H2,1H3,(H,21,23). The summed E-state index contributed by atoms with van der Waals surface area (Å²) < 4.78 is 10.3. The van der Waals surface area contributed by atoms with Gasteiger partial charge < -0.3 is 19.7 Å². The number of ether oxygens (including phenoxy) is 1. The lowest BCUT2D eigenvalue weighted by Gasteiger charge is -2.11. The van der Waals surface area contributed by atoms with Crippen LogP contribution in [0, 0.1) is 6.92 Å². The molecule has 0 fully saturated rings. The van der Waals surface area contributed by atoms with E-state index in [2.05, 4.69) is 5.32 Å². The molecule has 8 heteroatoms. The van der Waals surface area contributed by atoms with Crippen molar-refractivity contribution in [3.63, 3.8) is 0 Å². The minimum atomic E-state index is -1.03. The van der Waals surface area contributed by atoms with Crippen LogP contribution in [0.1, 0.15) is 27.0 Å². The lowest BCUT2D eigenvalue weighted by Crippen LogP contribution is -2.35. The Morgan fingerprint density at radius 1 is 1.27 bits per heavy atom. The number of hydrogen-bond donors (Lipinski definition) is 2. The molecule has 0 bridgehead atoms. The number of carbonyl (C=O) groups excluding carboxylic acids is 2. The smallest absolute Gasteiger partial charge is 0.460 e. The Morgan fingerprint density at radius 2 is 2.00 bits per heavy atom. The Kier molecular flexibility index (Phi) is 5.61. The number of rotatable bonds is 5. The predicted molar refractivity (Wildman–Crippen MR) is 97.2 cm³/mol. The lowest BCUT2D eigenvalue weighted by molar-refractivity contribution is -0.143. The molecular weight excluding hydrogens is 356 g/mol. The van der Waals surface area contributed by atoms with E-state index in [9.17, 15) is 14.6 Å². The maximum absolute atomic E-state index is 12.3. The van der Waals surface area contributed by atoms with Crippen LogP contribution in [0.2, 0.25) is 5.02 Å². The molecule has 1 aliphatic heterocycles. The fourth-order valence-corrected chi connectivity index (χ4v) is 2.92. The number of esters is 1. The fraction of sp³-hybridized carbons (Fsp3) is 0.222. The molecule has 0 aliphatic carbocycles. The molecule has 0 aromatic heterocycles. The molecule has 2 aromatic rings. The number of benzene rings is 2. The van der Waals surface area contributed by atoms with Crippen molar-refractivity contribution in [1.29, 1.82) is 0 Å². The highest BCUT2D eigenvalue weighted by molar-refractivity contribution is 6.62. The van der Waals surface area contributed by atoms with Crippen LogP contribution in [0.3, 0.4) is 0 Å². The SMILES string of the molecule is Cc1c(C(=O)NCC(=O)OCc2ccc(Cl)cc2)ccc2c1B(O)OC2. The molecule has 0 radical (unpaired) electrons. The largest absolute Gasteiger partial charge is 0.492 e. The quantitative estimate of drug-likeness (QED) is 0.610. The van der Waals surface area contributed by atoms with Gasteiger partial charge in [-0.2, -0.15) is 0 Å². The van der Waals surface area contributed by atoms with E-state index in [1.807, 2.05) is 0 Å². The van der Waals surface area contributed by atoms with Gasteiger partial charge in [-0.15, -0.1) is 0 Å². The Labute approximate surface area is 156 Å². The van der Waals surface area contributed by atoms with E-state index in [1.54, 1.807) is 43.3 Å². The first-order chi connectivity index (χ1) is 12.5. The molecule has 0 unspecified atom stereocenters. The molecule has 1 amide bonds. The molecule has 26 heavy (non-hydrogen) atoms. The first-order valence-electron chi connectivity index (χ1n) is 8.06. The average molecular weight is 374 g/mol. The molecule has 2 aromatic carbocycles. The van der Waals surface area contributed by atoms with E-state index in [1.165, 1.54) is 0 Å². The maximum Gasteiger partial charge on any atom is 0.492 e. The second kappa shape index (κ2) is 7.91. The molecule has 3 rings (SSSR count). The molecular formula is C18H17BClNO5. The fourth-order valence-electron chi connectivity index (χ4n) is 2.80. The van der Waals surface area contributed by atoms with Gasteiger partial charge in [0.15, 0.2) is 0 Å². The highest BCUT2D eigenvalue weighted by Crippen LogP contribution is 2.16. The summed E-state index contributed by atoms with van der Waals surface area (Å²) in [6, 6.07) is 10.3. The van der Waals surface area contributed by atoms with Gasteiger partial charge in [-0.3, -0.25) is 9.59 Å². The van der Waals surface area contributed by atoms with Crippen LogP contribution in [0.5, 0.6) is 0 Å². The van der Waals surface area contributed by atoms with Crippen LogP contribution in [-0.2, 0) is 27.4 Å². The van der Waals surface area contributed by atoms with Gasteiger partial charge in [-0.25, -0.2) is 0 Å². The molecule has 1 heterocycles. The van der Waals surface area contributed by atoms with E-state index in [4.69, 9.17) is 21.0 Å². The second-order valence-corrected chi connectivity index (χ2v) is 6.38. The summed E-state index contributed by atoms with van der Waals surface area (Å²) >= 11 is 5.80. The third-order valence-electron chi connectivity index (χ3n) is 4.20. The summed E-state index contributed by atoms with van der Waals surface area (Å²) in [5.74, 6) is -0.955. The van der Waals surface area contributed by atoms with Crippen molar-refractivity contribution < 1.29 is 24.0 Å². The van der Waals surface area contributed by atoms with Crippen molar-refractivity contribution in [2.45, 2.75) is 20.1 Å². The average Bonchev–Trinajstić information content (AvgIpc) is 3.01. The molecule has 134 valence electrons. The van der Waals surface area contributed by atoms with Gasteiger partial charge in [0.25, 0.3) is 5.91 Å². The summed E-state index contributed by atoms with van der Waals surface area (Å²) in [6.07, 6.45) is 0. The van der Waals surface area contributed by atoms with Crippen LogP contribution in [0.4, 0.5) is 0 Å². The third-order valence-corrected chi connectivity index (χ3v) is 4.45. The van der Waals surface area contributed by atoms with Crippen molar-refractivity contribution in [2.24, 2.45) is 0 Å². The number of hydrogen-bond acceptors (Lipinski definition) is 5. The minimum absolute atomic E-state index is 0.104. The van der Waals surface area contributed by atoms with Crippen molar-refractivity contribution in [1.82, 2.24) is 5.32 Å². The normalized spacial score (nSPS) is 12.7. The first-order valence-corrected chi connectivity index (χ1v) is 8.44. The molecule has 0 spiro atoms. The number of fused-ring (bicyclic) bond motifs is 1. The van der Waals surface area contributed by atoms with Crippen LogP contribution >= 0.6 is 11.6 Å². The van der Waals surface area contributed by atoms with Crippen molar-refractivity contribution in [2.75, 3.05) is 6.54 Å². The molecule has 6 nitrogen and oxygen atoms in total. The second-order valence-electron chi connectivity index (χ2n) is 5.94. The van der Waals surface area contributed by atoms with Crippen LogP contribution in [-0.4, -0.2) is 30.6 Å². The first kappa shape index (κ1) is 18.4. The topological polar surface area (TPSA) is 84.9 Å². The van der Waals surface area contributed by atoms with Gasteiger partial charge in [0.1, 0.15) is 13.2 Å². The minimum Gasteiger partial charge on any atom is -0.460 e. The van der Waals surface area contributed by atoms with E-state index >= 15 is 0 Å². The summed E-state index contributed by atoms with van der Waals surface area (Å²) in [6.45, 7) is 1.91. The Hall–Kier alpha value is -2.35. The Balaban J connectivity index is 1.55. The number of halogens is 1. The maximum atomic E-state index is 12.3. The van der Waals surface area contributed by atoms with Gasteiger partial charge in [0.2, 0.25) is 0 Å². The van der Waals surface area contributed by atoms with Gasteiger partial charge in [0.05, 0.1) is 6.61 Å². The summed E-state index contributed by atoms with van der Waals surface area (Å²) in [5, 5.41) is 13.0. The van der Waals surface area contributed by atoms with Crippen LogP contribution < -0.4 is 10.8 Å². The van der Waals surface area contributed by atoms with Crippen LogP contribution in [0.15, 0.2) is 36.4 Å². The molecule has 2 N–H and O–H groups in total. The highest BCUT2D eigenvalue weighted by atomic mass is 35.5. The zero-order valence-corrected chi connectivity index (χ0v) is 14.9. The van der Waals surface area contributed by atoms with E-state index in [0.717, 1.165) is 11.1 Å². The summed E-state index contributed by atoms with van der Waals surface area (Å²) in [4.78, 5) is 24.2. The van der Waals surface area contributed by atoms with Crippen molar-refractivity contribution >= 4 is 36.1 Å². The Bertz CT molecular complexity index is 840. The zero-order chi connectivity index (χ0) is 18.7. The number of amides is 1. The number of carbonyl (C=O) groups is 2. The predicted octanol–water partition coefficient (Wildman–Crippen LogP) is 1.34. The molecule has 0 atom stereocenters. The molecule has 0 saturated carbocycles. The Morgan fingerprint density at radius 3 is 2.73 bits per heavy atom. The van der Waals surface area contributed by atoms with E-state index in [-0.39, 0.29) is 13.2 Å². The lowest BCUT2D eigenvalue weighted by atomic mass is 9.75. The van der Waals surface area contributed by atoms with Crippen LogP contribution in [0.25, 0.3) is 0 Å². The molecule has 0 saturated heterocycles. The summed E-state index contributed by atoms with van der Waals surface area (Å²) in [5.41, 5.74) is 3.30. The third kappa shape index (κ3) is 4.07. The molecule has 1 aliphatic rings. The van der Waals surface area contributed by atoms with Crippen molar-refractivity contribution in [3.05, 3.63) is 63.7 Å². The highest BCUT2D eigenvalue weighted by Gasteiger charge is 2.31. The monoisotopic (exact) mass is 373 g/mol. The van der Waals surface area contributed by atoms with Crippen molar-refractivity contribution in [3.8, 4) is 0 Å². The van der Waals surface area contributed by atoms with Gasteiger partial charge in [0, 0.05) is 10.6 Å². The number of nitrogens with one attached hydrogen (secondary N) is 1. The van der Waals surface area contributed by atoms with Gasteiger partial charge in [-0.05, 0) is 47.3 Å².